The fraction of sp³-hybridized carbons (Fsp3) is 0.355. The smallest absolute Gasteiger partial charge is 0.404 e. The van der Waals surface area contributed by atoms with Gasteiger partial charge in [0.1, 0.15) is 5.75 Å². The van der Waals surface area contributed by atoms with Gasteiger partial charge in [-0.1, -0.05) is 62.2 Å². The molecule has 11 heteroatoms. The summed E-state index contributed by atoms with van der Waals surface area (Å²) in [6.07, 6.45) is -0.0468. The number of hydrogen-bond donors (Lipinski definition) is 2. The van der Waals surface area contributed by atoms with E-state index in [1.165, 1.54) is 4.52 Å². The monoisotopic (exact) mass is 593 g/mol. The first-order valence-electron chi connectivity index (χ1n) is 13.9. The minimum Gasteiger partial charge on any atom is -0.497 e. The Bertz CT molecular complexity index is 1600. The normalized spacial score (nSPS) is 12.6. The maximum atomic E-state index is 14.2. The third-order valence-corrected chi connectivity index (χ3v) is 7.95. The standard InChI is InChI=1S/C31H36ClN5O5/c1-5-20(2)28(35(17-9-16-33-30(39)40)29(38)23-12-14-24(42-4)15-13-23)26-18-25-27(32)21(3)34-37(25)31(41)36(26)19-22-10-7-6-8-11-22/h6-8,10-15,18,20,28,33H,5,9,16-17,19H2,1-4H3,(H,39,40). The van der Waals surface area contributed by atoms with Gasteiger partial charge in [0.05, 0.1) is 35.9 Å². The van der Waals surface area contributed by atoms with Crippen LogP contribution in [0.2, 0.25) is 5.02 Å². The Balaban J connectivity index is 1.91. The number of halogens is 1. The molecule has 0 spiro atoms. The Labute approximate surface area is 249 Å². The van der Waals surface area contributed by atoms with Crippen LogP contribution in [0.4, 0.5) is 4.79 Å². The molecule has 4 rings (SSSR count). The van der Waals surface area contributed by atoms with Gasteiger partial charge in [-0.3, -0.25) is 9.36 Å². The summed E-state index contributed by atoms with van der Waals surface area (Å²) in [5.74, 6) is 0.300. The molecule has 0 saturated heterocycles. The average Bonchev–Trinajstić information content (AvgIpc) is 3.29. The van der Waals surface area contributed by atoms with E-state index in [0.717, 1.165) is 5.56 Å². The van der Waals surface area contributed by atoms with Crippen LogP contribution in [0.3, 0.4) is 0 Å². The van der Waals surface area contributed by atoms with E-state index in [0.29, 0.717) is 46.1 Å². The van der Waals surface area contributed by atoms with Gasteiger partial charge in [-0.2, -0.15) is 9.61 Å². The first-order valence-corrected chi connectivity index (χ1v) is 14.3. The Kier molecular flexibility index (Phi) is 9.90. The van der Waals surface area contributed by atoms with E-state index < -0.39 is 12.1 Å². The predicted molar refractivity (Wildman–Crippen MR) is 162 cm³/mol. The lowest BCUT2D eigenvalue weighted by Crippen LogP contribution is -2.43. The van der Waals surface area contributed by atoms with Crippen molar-refractivity contribution in [2.45, 2.75) is 46.2 Å². The molecule has 222 valence electrons. The zero-order chi connectivity index (χ0) is 30.4. The number of ether oxygens (including phenoxy) is 1. The second kappa shape index (κ2) is 13.6. The van der Waals surface area contributed by atoms with Crippen molar-refractivity contribution in [1.82, 2.24) is 24.4 Å². The van der Waals surface area contributed by atoms with Crippen LogP contribution in [0.25, 0.3) is 5.52 Å². The van der Waals surface area contributed by atoms with Crippen molar-refractivity contribution >= 4 is 29.1 Å². The maximum absolute atomic E-state index is 14.2. The van der Waals surface area contributed by atoms with E-state index in [9.17, 15) is 14.4 Å². The van der Waals surface area contributed by atoms with Crippen molar-refractivity contribution in [3.05, 3.63) is 98.7 Å². The maximum Gasteiger partial charge on any atom is 0.404 e. The van der Waals surface area contributed by atoms with E-state index in [2.05, 4.69) is 10.4 Å². The molecule has 2 amide bonds. The van der Waals surface area contributed by atoms with Gasteiger partial charge in [0.25, 0.3) is 5.91 Å². The molecule has 0 radical (unpaired) electrons. The van der Waals surface area contributed by atoms with Crippen LogP contribution < -0.4 is 15.7 Å². The molecule has 10 nitrogen and oxygen atoms in total. The minimum absolute atomic E-state index is 0.0775. The van der Waals surface area contributed by atoms with Crippen LogP contribution in [-0.4, -0.2) is 56.4 Å². The lowest BCUT2D eigenvalue weighted by molar-refractivity contribution is 0.0593. The number of fused-ring (bicyclic) bond motifs is 1. The Morgan fingerprint density at radius 2 is 1.83 bits per heavy atom. The Hall–Kier alpha value is -4.31. The molecule has 4 aromatic rings. The number of benzene rings is 2. The first kappa shape index (κ1) is 30.6. The fourth-order valence-electron chi connectivity index (χ4n) is 5.10. The summed E-state index contributed by atoms with van der Waals surface area (Å²) in [6, 6.07) is 17.8. The van der Waals surface area contributed by atoms with Crippen molar-refractivity contribution in [2.75, 3.05) is 20.2 Å². The van der Waals surface area contributed by atoms with Gasteiger partial charge in [0.15, 0.2) is 0 Å². The van der Waals surface area contributed by atoms with Gasteiger partial charge >= 0.3 is 11.8 Å². The average molecular weight is 594 g/mol. The number of carboxylic acid groups (broad SMARTS) is 1. The molecular weight excluding hydrogens is 558 g/mol. The molecule has 42 heavy (non-hydrogen) atoms. The summed E-state index contributed by atoms with van der Waals surface area (Å²) in [5.41, 5.74) is 2.63. The third-order valence-electron chi connectivity index (χ3n) is 7.48. The number of aryl methyl sites for hydroxylation is 1. The fourth-order valence-corrected chi connectivity index (χ4v) is 5.27. The molecule has 2 N–H and O–H groups in total. The number of amides is 2. The van der Waals surface area contributed by atoms with Gasteiger partial charge in [0, 0.05) is 24.3 Å². The van der Waals surface area contributed by atoms with Crippen LogP contribution in [0, 0.1) is 12.8 Å². The summed E-state index contributed by atoms with van der Waals surface area (Å²) in [5, 5.41) is 16.3. The summed E-state index contributed by atoms with van der Waals surface area (Å²) in [7, 11) is 1.56. The number of hydrogen-bond acceptors (Lipinski definition) is 5. The molecule has 0 aliphatic heterocycles. The number of aromatic nitrogens is 3. The highest BCUT2D eigenvalue weighted by molar-refractivity contribution is 6.34. The van der Waals surface area contributed by atoms with E-state index in [1.54, 1.807) is 47.8 Å². The summed E-state index contributed by atoms with van der Waals surface area (Å²) < 4.78 is 8.24. The molecule has 2 aromatic heterocycles. The molecule has 0 fully saturated rings. The van der Waals surface area contributed by atoms with Gasteiger partial charge in [-0.15, -0.1) is 0 Å². The summed E-state index contributed by atoms with van der Waals surface area (Å²) in [4.78, 5) is 41.1. The Morgan fingerprint density at radius 1 is 1.14 bits per heavy atom. The largest absolute Gasteiger partial charge is 0.497 e. The van der Waals surface area contributed by atoms with E-state index in [1.807, 2.05) is 50.2 Å². The lowest BCUT2D eigenvalue weighted by Gasteiger charge is -2.37. The molecular formula is C31H36ClN5O5. The zero-order valence-electron chi connectivity index (χ0n) is 24.2. The number of nitrogens with zero attached hydrogens (tertiary/aromatic N) is 4. The summed E-state index contributed by atoms with van der Waals surface area (Å²) >= 11 is 6.63. The molecule has 2 atom stereocenters. The topological polar surface area (TPSA) is 118 Å². The van der Waals surface area contributed by atoms with Gasteiger partial charge in [0.2, 0.25) is 0 Å². The second-order valence-electron chi connectivity index (χ2n) is 10.3. The highest BCUT2D eigenvalue weighted by Crippen LogP contribution is 2.34. The van der Waals surface area contributed by atoms with Gasteiger partial charge in [-0.25, -0.2) is 9.59 Å². The van der Waals surface area contributed by atoms with Crippen LogP contribution in [0.1, 0.15) is 60.0 Å². The van der Waals surface area contributed by atoms with Crippen LogP contribution in [0.15, 0.2) is 65.5 Å². The number of carbonyl (C=O) groups is 2. The molecule has 2 aromatic carbocycles. The quantitative estimate of drug-likeness (QED) is 0.212. The minimum atomic E-state index is -1.13. The number of methoxy groups -OCH3 is 1. The van der Waals surface area contributed by atoms with Crippen molar-refractivity contribution in [2.24, 2.45) is 5.92 Å². The molecule has 0 bridgehead atoms. The SMILES string of the molecule is CCC(C)C(c1cc2c(Cl)c(C)nn2c(=O)n1Cc1ccccc1)N(CCCNC(=O)O)C(=O)c1ccc(OC)cc1. The van der Waals surface area contributed by atoms with E-state index in [4.69, 9.17) is 21.4 Å². The molecule has 0 aliphatic carbocycles. The number of rotatable bonds is 12. The van der Waals surface area contributed by atoms with E-state index >= 15 is 0 Å². The number of nitrogens with one attached hydrogen (secondary N) is 1. The highest BCUT2D eigenvalue weighted by Gasteiger charge is 2.33. The van der Waals surface area contributed by atoms with Crippen LogP contribution in [0.5, 0.6) is 5.75 Å². The van der Waals surface area contributed by atoms with Gasteiger partial charge in [-0.05, 0) is 55.2 Å². The second-order valence-corrected chi connectivity index (χ2v) is 10.6. The highest BCUT2D eigenvalue weighted by atomic mass is 35.5. The predicted octanol–water partition coefficient (Wildman–Crippen LogP) is 5.40. The summed E-state index contributed by atoms with van der Waals surface area (Å²) in [6.45, 7) is 6.50. The van der Waals surface area contributed by atoms with Crippen molar-refractivity contribution < 1.29 is 19.4 Å². The van der Waals surface area contributed by atoms with Crippen LogP contribution in [-0.2, 0) is 6.54 Å². The van der Waals surface area contributed by atoms with Crippen molar-refractivity contribution in [3.8, 4) is 5.75 Å². The molecule has 0 saturated carbocycles. The van der Waals surface area contributed by atoms with Gasteiger partial charge < -0.3 is 20.1 Å². The van der Waals surface area contributed by atoms with Crippen molar-refractivity contribution in [1.29, 1.82) is 0 Å². The zero-order valence-corrected chi connectivity index (χ0v) is 25.0. The van der Waals surface area contributed by atoms with Crippen LogP contribution >= 0.6 is 11.6 Å². The third kappa shape index (κ3) is 6.60. The van der Waals surface area contributed by atoms with Crippen molar-refractivity contribution in [3.63, 3.8) is 0 Å². The Morgan fingerprint density at radius 3 is 2.45 bits per heavy atom. The molecule has 0 aliphatic rings. The first-order chi connectivity index (χ1) is 20.2. The molecule has 2 heterocycles. The lowest BCUT2D eigenvalue weighted by atomic mass is 9.92. The van der Waals surface area contributed by atoms with E-state index in [-0.39, 0.29) is 37.1 Å². The molecule has 2 unspecified atom stereocenters. The number of carbonyl (C=O) groups excluding carboxylic acids is 1.